The number of benzene rings is 1. The van der Waals surface area contributed by atoms with Gasteiger partial charge in [0.05, 0.1) is 0 Å². The molecule has 0 aliphatic carbocycles. The molecule has 0 N–H and O–H groups in total. The molecule has 0 spiro atoms. The summed E-state index contributed by atoms with van der Waals surface area (Å²) in [5.41, 5.74) is -0.567. The van der Waals surface area contributed by atoms with Crippen molar-refractivity contribution in [1.82, 2.24) is 14.9 Å². The highest BCUT2D eigenvalue weighted by atomic mass is 19.4. The summed E-state index contributed by atoms with van der Waals surface area (Å²) >= 11 is 0. The molecule has 126 valence electrons. The smallest absolute Gasteiger partial charge is 0.424 e. The fourth-order valence-corrected chi connectivity index (χ4v) is 2.42. The molecule has 5 nitrogen and oxygen atoms in total. The van der Waals surface area contributed by atoms with Crippen molar-refractivity contribution in [2.24, 2.45) is 0 Å². The van der Waals surface area contributed by atoms with Gasteiger partial charge in [0.1, 0.15) is 5.75 Å². The van der Waals surface area contributed by atoms with Gasteiger partial charge in [-0.3, -0.25) is 4.79 Å². The summed E-state index contributed by atoms with van der Waals surface area (Å²) in [4.78, 5) is 21.0. The summed E-state index contributed by atoms with van der Waals surface area (Å²) in [5.74, 6) is 0.196. The highest BCUT2D eigenvalue weighted by molar-refractivity contribution is 5.94. The molecule has 0 bridgehead atoms. The van der Waals surface area contributed by atoms with Crippen LogP contribution in [0.3, 0.4) is 0 Å². The lowest BCUT2D eigenvalue weighted by Crippen LogP contribution is -2.27. The maximum absolute atomic E-state index is 12.6. The third-order valence-electron chi connectivity index (χ3n) is 3.63. The number of likely N-dealkylation sites (tertiary alicyclic amines) is 1. The van der Waals surface area contributed by atoms with Crippen LogP contribution in [0.4, 0.5) is 13.2 Å². The first kappa shape index (κ1) is 16.2. The second-order valence-electron chi connectivity index (χ2n) is 5.35. The van der Waals surface area contributed by atoms with E-state index in [-0.39, 0.29) is 11.7 Å². The molecule has 1 aromatic carbocycles. The van der Waals surface area contributed by atoms with E-state index in [1.54, 1.807) is 17.0 Å². The number of alkyl halides is 3. The molecule has 3 rings (SSSR count). The Bertz CT molecular complexity index is 726. The van der Waals surface area contributed by atoms with Crippen LogP contribution in [-0.4, -0.2) is 33.9 Å². The van der Waals surface area contributed by atoms with Gasteiger partial charge in [-0.2, -0.15) is 18.2 Å². The van der Waals surface area contributed by atoms with Crippen LogP contribution < -0.4 is 4.74 Å². The maximum atomic E-state index is 12.6. The van der Waals surface area contributed by atoms with E-state index >= 15 is 0 Å². The summed E-state index contributed by atoms with van der Waals surface area (Å²) < 4.78 is 43.1. The normalized spacial score (nSPS) is 14.7. The molecular formula is C16H14F3N3O2. The van der Waals surface area contributed by atoms with Crippen molar-refractivity contribution in [3.8, 4) is 11.8 Å². The number of carbonyl (C=O) groups excluding carboxylic acids is 1. The summed E-state index contributed by atoms with van der Waals surface area (Å²) in [6.07, 6.45) is -1.58. The van der Waals surface area contributed by atoms with Crippen LogP contribution in [0.25, 0.3) is 0 Å². The van der Waals surface area contributed by atoms with Crippen molar-refractivity contribution in [2.45, 2.75) is 19.0 Å². The average Bonchev–Trinajstić information content (AvgIpc) is 3.09. The van der Waals surface area contributed by atoms with Gasteiger partial charge in [0.25, 0.3) is 5.91 Å². The zero-order valence-electron chi connectivity index (χ0n) is 12.6. The molecule has 1 saturated heterocycles. The molecule has 1 amide bonds. The molecular weight excluding hydrogens is 323 g/mol. The van der Waals surface area contributed by atoms with E-state index < -0.39 is 17.9 Å². The van der Waals surface area contributed by atoms with E-state index in [1.807, 2.05) is 0 Å². The summed E-state index contributed by atoms with van der Waals surface area (Å²) in [6, 6.07) is 6.53. The molecule has 2 aromatic rings. The van der Waals surface area contributed by atoms with Crippen molar-refractivity contribution in [3.63, 3.8) is 0 Å². The fraction of sp³-hybridized carbons (Fsp3) is 0.312. The van der Waals surface area contributed by atoms with E-state index in [9.17, 15) is 18.0 Å². The van der Waals surface area contributed by atoms with Gasteiger partial charge in [-0.1, -0.05) is 0 Å². The van der Waals surface area contributed by atoms with Crippen LogP contribution >= 0.6 is 0 Å². The van der Waals surface area contributed by atoms with Crippen LogP contribution in [-0.2, 0) is 6.18 Å². The Labute approximate surface area is 136 Å². The SMILES string of the molecule is O=C(c1ccc(Oc2nccc(C(F)(F)F)n2)cc1)N1CCCC1. The Morgan fingerprint density at radius 3 is 2.38 bits per heavy atom. The number of ether oxygens (including phenoxy) is 1. The number of aromatic nitrogens is 2. The second kappa shape index (κ2) is 6.46. The third kappa shape index (κ3) is 3.64. The number of hydrogen-bond donors (Lipinski definition) is 0. The minimum Gasteiger partial charge on any atom is -0.424 e. The van der Waals surface area contributed by atoms with Gasteiger partial charge in [0.2, 0.25) is 0 Å². The lowest BCUT2D eigenvalue weighted by Gasteiger charge is -2.15. The van der Waals surface area contributed by atoms with Crippen molar-refractivity contribution in [1.29, 1.82) is 0 Å². The van der Waals surface area contributed by atoms with Crippen molar-refractivity contribution >= 4 is 5.91 Å². The standard InChI is InChI=1S/C16H14F3N3O2/c17-16(18,19)13-7-8-20-15(21-13)24-12-5-3-11(4-6-12)14(23)22-9-1-2-10-22/h3-8H,1-2,9-10H2. The van der Waals surface area contributed by atoms with Gasteiger partial charge < -0.3 is 9.64 Å². The minimum absolute atomic E-state index is 0.0608. The number of carbonyl (C=O) groups is 1. The first-order valence-corrected chi connectivity index (χ1v) is 7.41. The molecule has 1 aliphatic rings. The van der Waals surface area contributed by atoms with Crippen LogP contribution in [0, 0.1) is 0 Å². The molecule has 1 aromatic heterocycles. The molecule has 0 radical (unpaired) electrons. The third-order valence-corrected chi connectivity index (χ3v) is 3.63. The predicted octanol–water partition coefficient (Wildman–Crippen LogP) is 3.52. The molecule has 0 atom stereocenters. The number of nitrogens with zero attached hydrogens (tertiary/aromatic N) is 3. The lowest BCUT2D eigenvalue weighted by molar-refractivity contribution is -0.141. The minimum atomic E-state index is -4.56. The molecule has 1 fully saturated rings. The van der Waals surface area contributed by atoms with Gasteiger partial charge in [0.15, 0.2) is 5.69 Å². The predicted molar refractivity (Wildman–Crippen MR) is 78.7 cm³/mol. The van der Waals surface area contributed by atoms with Crippen molar-refractivity contribution in [2.75, 3.05) is 13.1 Å². The Morgan fingerprint density at radius 2 is 1.75 bits per heavy atom. The Balaban J connectivity index is 1.71. The van der Waals surface area contributed by atoms with Crippen LogP contribution in [0.1, 0.15) is 28.9 Å². The van der Waals surface area contributed by atoms with E-state index in [0.29, 0.717) is 5.56 Å². The first-order chi connectivity index (χ1) is 11.4. The van der Waals surface area contributed by atoms with E-state index in [2.05, 4.69) is 9.97 Å². The Morgan fingerprint density at radius 1 is 1.08 bits per heavy atom. The number of halogens is 3. The zero-order valence-corrected chi connectivity index (χ0v) is 12.6. The van der Waals surface area contributed by atoms with Gasteiger partial charge in [-0.25, -0.2) is 4.98 Å². The zero-order chi connectivity index (χ0) is 17.2. The van der Waals surface area contributed by atoms with E-state index in [4.69, 9.17) is 4.74 Å². The van der Waals surface area contributed by atoms with Crippen molar-refractivity contribution in [3.05, 3.63) is 47.8 Å². The van der Waals surface area contributed by atoms with Gasteiger partial charge in [-0.05, 0) is 43.2 Å². The van der Waals surface area contributed by atoms with Crippen molar-refractivity contribution < 1.29 is 22.7 Å². The monoisotopic (exact) mass is 337 g/mol. The Kier molecular flexibility index (Phi) is 4.37. The first-order valence-electron chi connectivity index (χ1n) is 7.41. The molecule has 2 heterocycles. The highest BCUT2D eigenvalue weighted by Gasteiger charge is 2.33. The summed E-state index contributed by atoms with van der Waals surface area (Å²) in [5, 5.41) is 0. The maximum Gasteiger partial charge on any atom is 0.433 e. The largest absolute Gasteiger partial charge is 0.433 e. The lowest BCUT2D eigenvalue weighted by atomic mass is 10.2. The van der Waals surface area contributed by atoms with Gasteiger partial charge in [-0.15, -0.1) is 0 Å². The van der Waals surface area contributed by atoms with Crippen LogP contribution in [0.2, 0.25) is 0 Å². The number of hydrogen-bond acceptors (Lipinski definition) is 4. The quantitative estimate of drug-likeness (QED) is 0.860. The van der Waals surface area contributed by atoms with E-state index in [0.717, 1.165) is 38.2 Å². The summed E-state index contributed by atoms with van der Waals surface area (Å²) in [6.45, 7) is 1.49. The number of amides is 1. The van der Waals surface area contributed by atoms with Gasteiger partial charge in [0, 0.05) is 24.8 Å². The molecule has 1 aliphatic heterocycles. The van der Waals surface area contributed by atoms with Crippen LogP contribution in [0.5, 0.6) is 11.8 Å². The average molecular weight is 337 g/mol. The fourth-order valence-electron chi connectivity index (χ4n) is 2.42. The van der Waals surface area contributed by atoms with E-state index in [1.165, 1.54) is 12.1 Å². The topological polar surface area (TPSA) is 55.3 Å². The number of rotatable bonds is 3. The van der Waals surface area contributed by atoms with Crippen LogP contribution in [0.15, 0.2) is 36.5 Å². The highest BCUT2D eigenvalue weighted by Crippen LogP contribution is 2.29. The van der Waals surface area contributed by atoms with Gasteiger partial charge >= 0.3 is 12.2 Å². The molecule has 24 heavy (non-hydrogen) atoms. The Hall–Kier alpha value is -2.64. The second-order valence-corrected chi connectivity index (χ2v) is 5.35. The molecule has 0 saturated carbocycles. The summed E-state index contributed by atoms with van der Waals surface area (Å²) in [7, 11) is 0. The molecule has 8 heteroatoms. The molecule has 0 unspecified atom stereocenters.